The molecule has 0 aliphatic heterocycles. The van der Waals surface area contributed by atoms with E-state index in [1.807, 2.05) is 0 Å². The predicted molar refractivity (Wildman–Crippen MR) is 125 cm³/mol. The molecule has 1 saturated carbocycles. The van der Waals surface area contributed by atoms with Crippen molar-refractivity contribution in [3.8, 4) is 0 Å². The third-order valence-corrected chi connectivity index (χ3v) is 6.02. The van der Waals surface area contributed by atoms with Crippen molar-refractivity contribution in [3.05, 3.63) is 46.3 Å². The standard InChI is InChI=1S/C23H29ClFN5O4/c1-12-8-17(15(24)9-16(12)25)30-20(31)13-4-6-14(7-5-13)29-22(33)19-18(27-11-28-19)21(32)26-10-23(2,3)34/h8-9,11,13-14,34H,4-7,10H2,1-3H3,(H,26,32)(H,27,28)(H,29,33)(H,30,31). The van der Waals surface area contributed by atoms with Crippen LogP contribution in [0.4, 0.5) is 10.1 Å². The fourth-order valence-electron chi connectivity index (χ4n) is 3.77. The fourth-order valence-corrected chi connectivity index (χ4v) is 3.96. The van der Waals surface area contributed by atoms with Gasteiger partial charge in [-0.2, -0.15) is 0 Å². The van der Waals surface area contributed by atoms with E-state index in [9.17, 15) is 23.9 Å². The predicted octanol–water partition coefficient (Wildman–Crippen LogP) is 2.94. The van der Waals surface area contributed by atoms with Crippen LogP contribution in [0.2, 0.25) is 5.02 Å². The van der Waals surface area contributed by atoms with Crippen LogP contribution in [0.5, 0.6) is 0 Å². The van der Waals surface area contributed by atoms with Crippen molar-refractivity contribution in [1.29, 1.82) is 0 Å². The van der Waals surface area contributed by atoms with Gasteiger partial charge >= 0.3 is 0 Å². The zero-order valence-corrected chi connectivity index (χ0v) is 20.1. The maximum Gasteiger partial charge on any atom is 0.272 e. The number of amides is 3. The van der Waals surface area contributed by atoms with E-state index in [1.165, 1.54) is 18.5 Å². The van der Waals surface area contributed by atoms with E-state index in [0.29, 0.717) is 36.9 Å². The smallest absolute Gasteiger partial charge is 0.272 e. The number of aliphatic hydroxyl groups is 1. The lowest BCUT2D eigenvalue weighted by Gasteiger charge is -2.28. The number of nitrogens with one attached hydrogen (secondary N) is 4. The molecule has 0 atom stereocenters. The molecule has 3 rings (SSSR count). The number of aromatic nitrogens is 2. The van der Waals surface area contributed by atoms with E-state index in [0.717, 1.165) is 0 Å². The summed E-state index contributed by atoms with van der Waals surface area (Å²) in [6.45, 7) is 4.72. The van der Waals surface area contributed by atoms with Crippen LogP contribution < -0.4 is 16.0 Å². The number of imidazole rings is 1. The van der Waals surface area contributed by atoms with Crippen molar-refractivity contribution in [2.75, 3.05) is 11.9 Å². The minimum absolute atomic E-state index is 0.0146. The van der Waals surface area contributed by atoms with Crippen molar-refractivity contribution in [2.45, 2.75) is 58.1 Å². The summed E-state index contributed by atoms with van der Waals surface area (Å²) in [5.41, 5.74) is -0.354. The molecule has 1 aromatic heterocycles. The molecule has 184 valence electrons. The second-order valence-corrected chi connectivity index (χ2v) is 9.62. The maximum atomic E-state index is 13.6. The molecule has 5 N–H and O–H groups in total. The first-order chi connectivity index (χ1) is 15.9. The first-order valence-electron chi connectivity index (χ1n) is 11.1. The number of carbonyl (C=O) groups excluding carboxylic acids is 3. The number of rotatable bonds is 7. The number of benzene rings is 1. The molecule has 1 aromatic carbocycles. The van der Waals surface area contributed by atoms with Gasteiger partial charge in [0.1, 0.15) is 11.5 Å². The van der Waals surface area contributed by atoms with Crippen molar-refractivity contribution in [2.24, 2.45) is 5.92 Å². The van der Waals surface area contributed by atoms with Gasteiger partial charge in [0.15, 0.2) is 5.69 Å². The van der Waals surface area contributed by atoms with E-state index in [-0.39, 0.29) is 40.8 Å². The molecule has 9 nitrogen and oxygen atoms in total. The Hall–Kier alpha value is -2.98. The number of aryl methyl sites for hydroxylation is 1. The number of nitrogens with zero attached hydrogens (tertiary/aromatic N) is 1. The molecule has 0 spiro atoms. The number of hydrogen-bond donors (Lipinski definition) is 5. The number of halogens is 2. The first-order valence-corrected chi connectivity index (χ1v) is 11.4. The molecule has 1 fully saturated rings. The van der Waals surface area contributed by atoms with Gasteiger partial charge in [-0.15, -0.1) is 0 Å². The molecule has 0 unspecified atom stereocenters. The highest BCUT2D eigenvalue weighted by atomic mass is 35.5. The molecule has 0 bridgehead atoms. The molecule has 1 aliphatic rings. The van der Waals surface area contributed by atoms with Gasteiger partial charge in [-0.25, -0.2) is 9.37 Å². The quantitative estimate of drug-likeness (QED) is 0.404. The van der Waals surface area contributed by atoms with Crippen molar-refractivity contribution in [3.63, 3.8) is 0 Å². The van der Waals surface area contributed by atoms with Gasteiger partial charge in [0.25, 0.3) is 11.8 Å². The number of anilines is 1. The topological polar surface area (TPSA) is 136 Å². The summed E-state index contributed by atoms with van der Waals surface area (Å²) in [5, 5.41) is 18.1. The third-order valence-electron chi connectivity index (χ3n) is 5.70. The van der Waals surface area contributed by atoms with Gasteiger partial charge in [0.2, 0.25) is 5.91 Å². The number of carbonyl (C=O) groups is 3. The Morgan fingerprint density at radius 3 is 2.53 bits per heavy atom. The Bertz CT molecular complexity index is 1070. The summed E-state index contributed by atoms with van der Waals surface area (Å²) >= 11 is 6.04. The molecule has 0 saturated heterocycles. The SMILES string of the molecule is Cc1cc(NC(=O)C2CCC(NC(=O)c3nc[nH]c3C(=O)NCC(C)(C)O)CC2)c(Cl)cc1F. The Kier molecular flexibility index (Phi) is 7.93. The Morgan fingerprint density at radius 2 is 1.88 bits per heavy atom. The monoisotopic (exact) mass is 493 g/mol. The maximum absolute atomic E-state index is 13.6. The summed E-state index contributed by atoms with van der Waals surface area (Å²) in [4.78, 5) is 44.3. The van der Waals surface area contributed by atoms with Crippen LogP contribution in [-0.4, -0.2) is 51.0 Å². The molecular formula is C23H29ClFN5O4. The van der Waals surface area contributed by atoms with E-state index in [2.05, 4.69) is 25.9 Å². The van der Waals surface area contributed by atoms with Crippen molar-refractivity contribution < 1.29 is 23.9 Å². The Balaban J connectivity index is 1.52. The zero-order chi connectivity index (χ0) is 25.0. The van der Waals surface area contributed by atoms with E-state index >= 15 is 0 Å². The largest absolute Gasteiger partial charge is 0.389 e. The Morgan fingerprint density at radius 1 is 1.21 bits per heavy atom. The molecule has 11 heteroatoms. The summed E-state index contributed by atoms with van der Waals surface area (Å²) in [7, 11) is 0. The molecular weight excluding hydrogens is 465 g/mol. The summed E-state index contributed by atoms with van der Waals surface area (Å²) in [5.74, 6) is -1.93. The molecule has 1 heterocycles. The van der Waals surface area contributed by atoms with Gasteiger partial charge in [-0.3, -0.25) is 14.4 Å². The number of hydrogen-bond acceptors (Lipinski definition) is 5. The minimum Gasteiger partial charge on any atom is -0.389 e. The lowest BCUT2D eigenvalue weighted by atomic mass is 9.85. The highest BCUT2D eigenvalue weighted by Crippen LogP contribution is 2.29. The molecule has 34 heavy (non-hydrogen) atoms. The normalized spacial score (nSPS) is 18.3. The van der Waals surface area contributed by atoms with Crippen molar-refractivity contribution in [1.82, 2.24) is 20.6 Å². The summed E-state index contributed by atoms with van der Waals surface area (Å²) in [6, 6.07) is 2.51. The summed E-state index contributed by atoms with van der Waals surface area (Å²) < 4.78 is 13.6. The lowest BCUT2D eigenvalue weighted by Crippen LogP contribution is -2.41. The van der Waals surface area contributed by atoms with Gasteiger partial charge < -0.3 is 26.0 Å². The number of aromatic amines is 1. The average molecular weight is 494 g/mol. The summed E-state index contributed by atoms with van der Waals surface area (Å²) in [6.07, 6.45) is 3.51. The highest BCUT2D eigenvalue weighted by Gasteiger charge is 2.29. The van der Waals surface area contributed by atoms with E-state index in [4.69, 9.17) is 11.6 Å². The van der Waals surface area contributed by atoms with Gasteiger partial charge in [0, 0.05) is 18.5 Å². The van der Waals surface area contributed by atoms with Gasteiger partial charge in [-0.05, 0) is 64.2 Å². The highest BCUT2D eigenvalue weighted by molar-refractivity contribution is 6.33. The van der Waals surface area contributed by atoms with Crippen LogP contribution in [0.1, 0.15) is 66.1 Å². The van der Waals surface area contributed by atoms with Crippen molar-refractivity contribution >= 4 is 35.0 Å². The van der Waals surface area contributed by atoms with Crippen LogP contribution in [-0.2, 0) is 4.79 Å². The molecule has 0 radical (unpaired) electrons. The first kappa shape index (κ1) is 25.6. The molecule has 1 aliphatic carbocycles. The van der Waals surface area contributed by atoms with Gasteiger partial charge in [0.05, 0.1) is 22.6 Å². The minimum atomic E-state index is -1.09. The van der Waals surface area contributed by atoms with Crippen LogP contribution in [0.3, 0.4) is 0 Å². The second-order valence-electron chi connectivity index (χ2n) is 9.21. The lowest BCUT2D eigenvalue weighted by molar-refractivity contribution is -0.120. The van der Waals surface area contributed by atoms with Crippen LogP contribution in [0.25, 0.3) is 0 Å². The van der Waals surface area contributed by atoms with Crippen LogP contribution >= 0.6 is 11.6 Å². The average Bonchev–Trinajstić information content (AvgIpc) is 3.26. The van der Waals surface area contributed by atoms with E-state index in [1.54, 1.807) is 20.8 Å². The van der Waals surface area contributed by atoms with Gasteiger partial charge in [-0.1, -0.05) is 11.6 Å². The number of H-pyrrole nitrogens is 1. The zero-order valence-electron chi connectivity index (χ0n) is 19.3. The third kappa shape index (κ3) is 6.54. The van der Waals surface area contributed by atoms with Crippen LogP contribution in [0, 0.1) is 18.7 Å². The van der Waals surface area contributed by atoms with Crippen LogP contribution in [0.15, 0.2) is 18.5 Å². The fraction of sp³-hybridized carbons (Fsp3) is 0.478. The Labute approximate surface area is 201 Å². The molecule has 2 aromatic rings. The van der Waals surface area contributed by atoms with E-state index < -0.39 is 23.2 Å². The second kappa shape index (κ2) is 10.5. The molecule has 3 amide bonds.